The Hall–Kier alpha value is -1.74. The molecule has 0 unspecified atom stereocenters. The zero-order valence-electron chi connectivity index (χ0n) is 13.1. The van der Waals surface area contributed by atoms with Gasteiger partial charge in [0.1, 0.15) is 0 Å². The number of carbonyl (C=O) groups excluding carboxylic acids is 1. The van der Waals surface area contributed by atoms with Gasteiger partial charge < -0.3 is 14.4 Å². The molecular weight excluding hydrogens is 315 g/mol. The number of rotatable bonds is 3. The summed E-state index contributed by atoms with van der Waals surface area (Å²) in [7, 11) is 1.53. The van der Waals surface area contributed by atoms with Gasteiger partial charge in [0.2, 0.25) is 5.82 Å². The number of carbonyl (C=O) groups is 1. The Morgan fingerprint density at radius 2 is 2.04 bits per heavy atom. The quantitative estimate of drug-likeness (QED) is 0.843. The number of hydrogen-bond acceptors (Lipinski definition) is 5. The number of methoxy groups -OCH3 is 1. The van der Waals surface area contributed by atoms with E-state index in [2.05, 4.69) is 9.97 Å². The lowest BCUT2D eigenvalue weighted by atomic mass is 10.0. The van der Waals surface area contributed by atoms with Gasteiger partial charge in [0.25, 0.3) is 5.91 Å². The average molecular weight is 333 g/mol. The molecular formula is C14H18F3N3O3. The van der Waals surface area contributed by atoms with E-state index in [9.17, 15) is 18.0 Å². The fourth-order valence-corrected chi connectivity index (χ4v) is 2.49. The molecule has 0 spiro atoms. The molecule has 1 saturated heterocycles. The molecule has 0 saturated carbocycles. The number of nitrogens with zero attached hydrogens (tertiary/aromatic N) is 3. The Balaban J connectivity index is 2.15. The number of ether oxygens (including phenoxy) is 2. The zero-order valence-corrected chi connectivity index (χ0v) is 13.1. The molecule has 0 aliphatic carbocycles. The second-order valence-electron chi connectivity index (χ2n) is 5.93. The largest absolute Gasteiger partial charge is 0.451 e. The molecule has 6 nitrogen and oxygen atoms in total. The number of amides is 1. The van der Waals surface area contributed by atoms with E-state index in [4.69, 9.17) is 9.47 Å². The van der Waals surface area contributed by atoms with Gasteiger partial charge in [-0.05, 0) is 13.8 Å². The minimum Gasteiger partial charge on any atom is -0.382 e. The van der Waals surface area contributed by atoms with Crippen LogP contribution in [0.4, 0.5) is 13.2 Å². The summed E-state index contributed by atoms with van der Waals surface area (Å²) in [5.41, 5.74) is -0.573. The molecule has 1 amide bonds. The maximum absolute atomic E-state index is 12.5. The standard InChI is InChI=1S/C14H18F3N3O3/c1-13(2)8-20(6-10(23-13)7-22-3)11(21)9-4-18-12(19-5-9)14(15,16)17/h4-5,10H,6-8H2,1-3H3/t10-/m1/s1. The van der Waals surface area contributed by atoms with Crippen molar-refractivity contribution < 1.29 is 27.4 Å². The van der Waals surface area contributed by atoms with Crippen molar-refractivity contribution in [2.24, 2.45) is 0 Å². The molecule has 1 atom stereocenters. The highest BCUT2D eigenvalue weighted by Crippen LogP contribution is 2.26. The third kappa shape index (κ3) is 4.38. The van der Waals surface area contributed by atoms with Gasteiger partial charge in [0.05, 0.1) is 23.9 Å². The van der Waals surface area contributed by atoms with Crippen molar-refractivity contribution >= 4 is 5.91 Å². The second-order valence-corrected chi connectivity index (χ2v) is 5.93. The van der Waals surface area contributed by atoms with Crippen LogP contribution in [0.1, 0.15) is 30.0 Å². The Labute approximate surface area is 131 Å². The predicted molar refractivity (Wildman–Crippen MR) is 73.8 cm³/mol. The van der Waals surface area contributed by atoms with E-state index >= 15 is 0 Å². The molecule has 0 N–H and O–H groups in total. The summed E-state index contributed by atoms with van der Waals surface area (Å²) in [6.45, 7) is 4.58. The van der Waals surface area contributed by atoms with Crippen LogP contribution in [0.2, 0.25) is 0 Å². The summed E-state index contributed by atoms with van der Waals surface area (Å²) in [5.74, 6) is -1.70. The molecule has 1 fully saturated rings. The number of morpholine rings is 1. The topological polar surface area (TPSA) is 64.5 Å². The first-order valence-electron chi connectivity index (χ1n) is 6.97. The minimum atomic E-state index is -4.63. The van der Waals surface area contributed by atoms with Gasteiger partial charge in [-0.2, -0.15) is 13.2 Å². The monoisotopic (exact) mass is 333 g/mol. The molecule has 9 heteroatoms. The number of halogens is 3. The molecule has 128 valence electrons. The maximum Gasteiger partial charge on any atom is 0.451 e. The van der Waals surface area contributed by atoms with E-state index in [1.54, 1.807) is 0 Å². The molecule has 1 aliphatic heterocycles. The molecule has 2 rings (SSSR count). The Morgan fingerprint density at radius 1 is 1.43 bits per heavy atom. The van der Waals surface area contributed by atoms with Crippen molar-refractivity contribution in [3.05, 3.63) is 23.8 Å². The number of aromatic nitrogens is 2. The Morgan fingerprint density at radius 3 is 2.57 bits per heavy atom. The van der Waals surface area contributed by atoms with E-state index in [1.807, 2.05) is 13.8 Å². The maximum atomic E-state index is 12.5. The first-order valence-corrected chi connectivity index (χ1v) is 6.97. The molecule has 1 aromatic heterocycles. The van der Waals surface area contributed by atoms with E-state index < -0.39 is 23.5 Å². The summed E-state index contributed by atoms with van der Waals surface area (Å²) >= 11 is 0. The highest BCUT2D eigenvalue weighted by Gasteiger charge is 2.37. The highest BCUT2D eigenvalue weighted by atomic mass is 19.4. The Kier molecular flexibility index (Phi) is 4.90. The minimum absolute atomic E-state index is 0.00636. The lowest BCUT2D eigenvalue weighted by Gasteiger charge is -2.42. The van der Waals surface area contributed by atoms with Gasteiger partial charge in [-0.1, -0.05) is 0 Å². The van der Waals surface area contributed by atoms with Crippen molar-refractivity contribution in [1.82, 2.24) is 14.9 Å². The van der Waals surface area contributed by atoms with Crippen molar-refractivity contribution in [2.75, 3.05) is 26.8 Å². The normalized spacial score (nSPS) is 21.3. The number of alkyl halides is 3. The van der Waals surface area contributed by atoms with E-state index in [0.29, 0.717) is 13.2 Å². The van der Waals surface area contributed by atoms with Gasteiger partial charge in [-0.15, -0.1) is 0 Å². The molecule has 2 heterocycles. The zero-order chi connectivity index (χ0) is 17.3. The third-order valence-corrected chi connectivity index (χ3v) is 3.27. The van der Waals surface area contributed by atoms with Crippen LogP contribution >= 0.6 is 0 Å². The van der Waals surface area contributed by atoms with Crippen LogP contribution in [0, 0.1) is 0 Å². The van der Waals surface area contributed by atoms with Crippen LogP contribution in [-0.4, -0.2) is 59.3 Å². The molecule has 0 aromatic carbocycles. The average Bonchev–Trinajstić information content (AvgIpc) is 2.44. The van der Waals surface area contributed by atoms with Crippen LogP contribution in [-0.2, 0) is 15.7 Å². The third-order valence-electron chi connectivity index (χ3n) is 3.27. The summed E-state index contributed by atoms with van der Waals surface area (Å²) in [6.07, 6.45) is -3.15. The molecule has 0 radical (unpaired) electrons. The van der Waals surface area contributed by atoms with Gasteiger partial charge in [0.15, 0.2) is 0 Å². The van der Waals surface area contributed by atoms with Crippen LogP contribution in [0.3, 0.4) is 0 Å². The van der Waals surface area contributed by atoms with Crippen LogP contribution in [0.25, 0.3) is 0 Å². The van der Waals surface area contributed by atoms with Gasteiger partial charge in [0, 0.05) is 32.6 Å². The second kappa shape index (κ2) is 6.40. The number of hydrogen-bond donors (Lipinski definition) is 0. The molecule has 23 heavy (non-hydrogen) atoms. The van der Waals surface area contributed by atoms with Crippen LogP contribution in [0.5, 0.6) is 0 Å². The highest BCUT2D eigenvalue weighted by molar-refractivity contribution is 5.93. The fourth-order valence-electron chi connectivity index (χ4n) is 2.49. The van der Waals surface area contributed by atoms with E-state index in [1.165, 1.54) is 12.0 Å². The first kappa shape index (κ1) is 17.6. The van der Waals surface area contributed by atoms with Gasteiger partial charge in [-0.3, -0.25) is 4.79 Å². The predicted octanol–water partition coefficient (Wildman–Crippen LogP) is 1.76. The van der Waals surface area contributed by atoms with Crippen molar-refractivity contribution in [3.63, 3.8) is 0 Å². The summed E-state index contributed by atoms with van der Waals surface area (Å²) in [6, 6.07) is 0. The molecule has 0 bridgehead atoms. The van der Waals surface area contributed by atoms with Crippen LogP contribution < -0.4 is 0 Å². The first-order chi connectivity index (χ1) is 10.6. The SMILES string of the molecule is COC[C@H]1CN(C(=O)c2cnc(C(F)(F)F)nc2)CC(C)(C)O1. The van der Waals surface area contributed by atoms with Gasteiger partial charge >= 0.3 is 6.18 Å². The Bertz CT molecular complexity index is 561. The molecule has 1 aromatic rings. The summed E-state index contributed by atoms with van der Waals surface area (Å²) < 4.78 is 48.2. The smallest absolute Gasteiger partial charge is 0.382 e. The van der Waals surface area contributed by atoms with Crippen molar-refractivity contribution in [3.8, 4) is 0 Å². The fraction of sp³-hybridized carbons (Fsp3) is 0.643. The van der Waals surface area contributed by atoms with Crippen molar-refractivity contribution in [2.45, 2.75) is 31.7 Å². The summed E-state index contributed by atoms with van der Waals surface area (Å²) in [4.78, 5) is 20.4. The molecule has 1 aliphatic rings. The van der Waals surface area contributed by atoms with E-state index in [0.717, 1.165) is 12.4 Å². The summed E-state index contributed by atoms with van der Waals surface area (Å²) in [5, 5.41) is 0. The van der Waals surface area contributed by atoms with E-state index in [-0.39, 0.29) is 18.2 Å². The van der Waals surface area contributed by atoms with Gasteiger partial charge in [-0.25, -0.2) is 9.97 Å². The lowest BCUT2D eigenvalue weighted by Crippen LogP contribution is -2.55. The lowest BCUT2D eigenvalue weighted by molar-refractivity contribution is -0.145. The van der Waals surface area contributed by atoms with Crippen LogP contribution in [0.15, 0.2) is 12.4 Å². The van der Waals surface area contributed by atoms with Crippen molar-refractivity contribution in [1.29, 1.82) is 0 Å².